The van der Waals surface area contributed by atoms with E-state index in [2.05, 4.69) is 15.0 Å². The molecular weight excluding hydrogens is 181 g/mol. The molecule has 3 nitrogen and oxygen atoms in total. The maximum absolute atomic E-state index is 13.3. The molecule has 0 bridgehead atoms. The predicted octanol–water partition coefficient (Wildman–Crippen LogP) is 1.99. The molecule has 0 aliphatic carbocycles. The fourth-order valence-corrected chi connectivity index (χ4v) is 1.15. The molecule has 4 heteroatoms. The second-order valence-corrected chi connectivity index (χ2v) is 2.92. The van der Waals surface area contributed by atoms with Crippen LogP contribution >= 0.6 is 0 Å². The largest absolute Gasteiger partial charge is 0.236 e. The van der Waals surface area contributed by atoms with Crippen molar-refractivity contribution in [3.8, 4) is 11.4 Å². The number of aryl methyl sites for hydroxylation is 1. The summed E-state index contributed by atoms with van der Waals surface area (Å²) in [7, 11) is 0. The van der Waals surface area contributed by atoms with Gasteiger partial charge >= 0.3 is 0 Å². The van der Waals surface area contributed by atoms with Crippen molar-refractivity contribution < 1.29 is 4.39 Å². The first-order valence-corrected chi connectivity index (χ1v) is 4.17. The molecule has 0 radical (unpaired) electrons. The van der Waals surface area contributed by atoms with E-state index in [1.54, 1.807) is 24.5 Å². The molecule has 0 unspecified atom stereocenters. The molecule has 2 rings (SSSR count). The van der Waals surface area contributed by atoms with E-state index < -0.39 is 5.95 Å². The lowest BCUT2D eigenvalue weighted by Crippen LogP contribution is -1.94. The fourth-order valence-electron chi connectivity index (χ4n) is 1.15. The van der Waals surface area contributed by atoms with Crippen molar-refractivity contribution in [3.63, 3.8) is 0 Å². The highest BCUT2D eigenvalue weighted by molar-refractivity contribution is 5.54. The van der Waals surface area contributed by atoms with Crippen molar-refractivity contribution in [2.75, 3.05) is 0 Å². The Kier molecular flexibility index (Phi) is 2.18. The zero-order valence-electron chi connectivity index (χ0n) is 7.61. The van der Waals surface area contributed by atoms with E-state index in [4.69, 9.17) is 0 Å². The topological polar surface area (TPSA) is 38.7 Å². The third-order valence-electron chi connectivity index (χ3n) is 1.78. The number of nitrogens with zero attached hydrogens (tertiary/aromatic N) is 3. The summed E-state index contributed by atoms with van der Waals surface area (Å²) in [5.41, 5.74) is 1.22. The average Bonchev–Trinajstić information content (AvgIpc) is 2.23. The van der Waals surface area contributed by atoms with E-state index in [-0.39, 0.29) is 0 Å². The lowest BCUT2D eigenvalue weighted by molar-refractivity contribution is 0.585. The molecule has 0 aliphatic heterocycles. The summed E-state index contributed by atoms with van der Waals surface area (Å²) in [6.07, 6.45) is 4.62. The average molecular weight is 189 g/mol. The van der Waals surface area contributed by atoms with Gasteiger partial charge in [0.05, 0.1) is 5.56 Å². The van der Waals surface area contributed by atoms with Crippen LogP contribution in [0.15, 0.2) is 30.7 Å². The quantitative estimate of drug-likeness (QED) is 0.644. The molecule has 0 fully saturated rings. The molecule has 0 saturated heterocycles. The molecular formula is C10H8FN3. The van der Waals surface area contributed by atoms with Gasteiger partial charge < -0.3 is 0 Å². The number of rotatable bonds is 1. The summed E-state index contributed by atoms with van der Waals surface area (Å²) < 4.78 is 13.3. The molecule has 0 aliphatic rings. The van der Waals surface area contributed by atoms with Gasteiger partial charge in [0.25, 0.3) is 0 Å². The SMILES string of the molecule is Cc1cnc(F)c(-c2ncccn2)c1. The van der Waals surface area contributed by atoms with Crippen LogP contribution < -0.4 is 0 Å². The highest BCUT2D eigenvalue weighted by Crippen LogP contribution is 2.17. The minimum Gasteiger partial charge on any atom is -0.236 e. The van der Waals surface area contributed by atoms with Crippen LogP contribution in [0.5, 0.6) is 0 Å². The van der Waals surface area contributed by atoms with E-state index in [1.807, 2.05) is 6.92 Å². The van der Waals surface area contributed by atoms with Crippen molar-refractivity contribution >= 4 is 0 Å². The molecule has 0 saturated carbocycles. The van der Waals surface area contributed by atoms with Gasteiger partial charge in [-0.25, -0.2) is 15.0 Å². The Balaban J connectivity index is 2.57. The Bertz CT molecular complexity index is 442. The second kappa shape index (κ2) is 3.49. The van der Waals surface area contributed by atoms with Gasteiger partial charge in [0.15, 0.2) is 5.82 Å². The molecule has 0 aromatic carbocycles. The van der Waals surface area contributed by atoms with Crippen molar-refractivity contribution in [1.82, 2.24) is 15.0 Å². The maximum atomic E-state index is 13.3. The lowest BCUT2D eigenvalue weighted by atomic mass is 10.2. The summed E-state index contributed by atoms with van der Waals surface area (Å²) >= 11 is 0. The van der Waals surface area contributed by atoms with Gasteiger partial charge in [0.1, 0.15) is 0 Å². The smallest absolute Gasteiger partial charge is 0.223 e. The van der Waals surface area contributed by atoms with E-state index in [1.165, 1.54) is 6.20 Å². The maximum Gasteiger partial charge on any atom is 0.223 e. The summed E-state index contributed by atoms with van der Waals surface area (Å²) in [4.78, 5) is 11.5. The van der Waals surface area contributed by atoms with Crippen molar-refractivity contribution in [3.05, 3.63) is 42.2 Å². The van der Waals surface area contributed by atoms with Crippen molar-refractivity contribution in [2.45, 2.75) is 6.92 Å². The Labute approximate surface area is 80.7 Å². The van der Waals surface area contributed by atoms with E-state index in [0.29, 0.717) is 11.4 Å². The molecule has 0 atom stereocenters. The van der Waals surface area contributed by atoms with E-state index in [9.17, 15) is 4.39 Å². The van der Waals surface area contributed by atoms with E-state index in [0.717, 1.165) is 5.56 Å². The minimum atomic E-state index is -0.540. The monoisotopic (exact) mass is 189 g/mol. The highest BCUT2D eigenvalue weighted by Gasteiger charge is 2.07. The molecule has 14 heavy (non-hydrogen) atoms. The molecule has 70 valence electrons. The number of aromatic nitrogens is 3. The molecule has 0 amide bonds. The van der Waals surface area contributed by atoms with Crippen molar-refractivity contribution in [2.24, 2.45) is 0 Å². The minimum absolute atomic E-state index is 0.339. The van der Waals surface area contributed by atoms with Gasteiger partial charge in [-0.3, -0.25) is 0 Å². The third kappa shape index (κ3) is 1.59. The van der Waals surface area contributed by atoms with Crippen molar-refractivity contribution in [1.29, 1.82) is 0 Å². The van der Waals surface area contributed by atoms with Crippen LogP contribution in [0.2, 0.25) is 0 Å². The molecule has 2 aromatic heterocycles. The molecule has 2 heterocycles. The van der Waals surface area contributed by atoms with Crippen LogP contribution in [-0.4, -0.2) is 15.0 Å². The highest BCUT2D eigenvalue weighted by atomic mass is 19.1. The van der Waals surface area contributed by atoms with E-state index >= 15 is 0 Å². The van der Waals surface area contributed by atoms with Gasteiger partial charge in [-0.1, -0.05) is 0 Å². The zero-order chi connectivity index (χ0) is 9.97. The molecule has 0 N–H and O–H groups in total. The Morgan fingerprint density at radius 1 is 1.14 bits per heavy atom. The molecule has 2 aromatic rings. The first-order chi connectivity index (χ1) is 6.77. The third-order valence-corrected chi connectivity index (χ3v) is 1.78. The summed E-state index contributed by atoms with van der Waals surface area (Å²) in [5, 5.41) is 0. The van der Waals surface area contributed by atoms with Crippen LogP contribution in [0.1, 0.15) is 5.56 Å². The van der Waals surface area contributed by atoms with Crippen LogP contribution in [0.4, 0.5) is 4.39 Å². The Morgan fingerprint density at radius 2 is 1.86 bits per heavy atom. The van der Waals surface area contributed by atoms with Crippen LogP contribution in [-0.2, 0) is 0 Å². The van der Waals surface area contributed by atoms with Crippen LogP contribution in [0.3, 0.4) is 0 Å². The number of pyridine rings is 1. The second-order valence-electron chi connectivity index (χ2n) is 2.92. The van der Waals surface area contributed by atoms with Gasteiger partial charge in [-0.2, -0.15) is 4.39 Å². The summed E-state index contributed by atoms with van der Waals surface area (Å²) in [6.45, 7) is 1.85. The van der Waals surface area contributed by atoms with Crippen LogP contribution in [0.25, 0.3) is 11.4 Å². The summed E-state index contributed by atoms with van der Waals surface area (Å²) in [6, 6.07) is 3.36. The summed E-state index contributed by atoms with van der Waals surface area (Å²) in [5.74, 6) is -0.178. The first kappa shape index (κ1) is 8.74. The molecule has 0 spiro atoms. The van der Waals surface area contributed by atoms with Gasteiger partial charge in [0.2, 0.25) is 5.95 Å². The normalized spacial score (nSPS) is 10.1. The Morgan fingerprint density at radius 3 is 2.57 bits per heavy atom. The fraction of sp³-hybridized carbons (Fsp3) is 0.100. The van der Waals surface area contributed by atoms with Gasteiger partial charge in [-0.15, -0.1) is 0 Å². The number of hydrogen-bond acceptors (Lipinski definition) is 3. The first-order valence-electron chi connectivity index (χ1n) is 4.17. The standard InChI is InChI=1S/C10H8FN3/c1-7-5-8(9(11)14-6-7)10-12-3-2-4-13-10/h2-6H,1H3. The number of hydrogen-bond donors (Lipinski definition) is 0. The van der Waals surface area contributed by atoms with Crippen LogP contribution in [0, 0.1) is 12.9 Å². The van der Waals surface area contributed by atoms with Gasteiger partial charge in [-0.05, 0) is 24.6 Å². The zero-order valence-corrected chi connectivity index (χ0v) is 7.61. The van der Waals surface area contributed by atoms with Gasteiger partial charge in [0, 0.05) is 18.6 Å². The lowest BCUT2D eigenvalue weighted by Gasteiger charge is -2.00. The predicted molar refractivity (Wildman–Crippen MR) is 50.0 cm³/mol. The Hall–Kier alpha value is -1.84. The number of halogens is 1.